The zero-order chi connectivity index (χ0) is 14.8. The van der Waals surface area contributed by atoms with Gasteiger partial charge in [0.2, 0.25) is 0 Å². The number of amides is 1. The minimum Gasteiger partial charge on any atom is -0.376 e. The summed E-state index contributed by atoms with van der Waals surface area (Å²) in [6.45, 7) is 0. The molecule has 0 saturated carbocycles. The van der Waals surface area contributed by atoms with Gasteiger partial charge in [-0.25, -0.2) is 0 Å². The summed E-state index contributed by atoms with van der Waals surface area (Å²) in [6.07, 6.45) is 1.73. The molecule has 3 rings (SSSR count). The van der Waals surface area contributed by atoms with Gasteiger partial charge in [-0.3, -0.25) is 9.89 Å². The van der Waals surface area contributed by atoms with Crippen molar-refractivity contribution in [2.45, 2.75) is 0 Å². The second kappa shape index (κ2) is 5.28. The standard InChI is InChI=1S/C16H16N4O/c1-20(2)15-6-4-3-5-13(15)18-16(21)11-7-8-12-10-17-19-14(12)9-11/h3-10H,1-2H3,(H,17,19)(H,18,21). The van der Waals surface area contributed by atoms with Crippen molar-refractivity contribution in [2.24, 2.45) is 0 Å². The quantitative estimate of drug-likeness (QED) is 0.775. The summed E-state index contributed by atoms with van der Waals surface area (Å²) in [6, 6.07) is 13.2. The maximum atomic E-state index is 12.4. The summed E-state index contributed by atoms with van der Waals surface area (Å²) in [4.78, 5) is 14.4. The number of fused-ring (bicyclic) bond motifs is 1. The number of rotatable bonds is 3. The Morgan fingerprint density at radius 3 is 2.81 bits per heavy atom. The van der Waals surface area contributed by atoms with Gasteiger partial charge < -0.3 is 10.2 Å². The highest BCUT2D eigenvalue weighted by Crippen LogP contribution is 2.24. The number of hydrogen-bond donors (Lipinski definition) is 2. The Kier molecular flexibility index (Phi) is 3.31. The molecular weight excluding hydrogens is 264 g/mol. The van der Waals surface area contributed by atoms with E-state index in [0.717, 1.165) is 22.3 Å². The van der Waals surface area contributed by atoms with E-state index in [-0.39, 0.29) is 5.91 Å². The molecule has 0 spiro atoms. The van der Waals surface area contributed by atoms with Gasteiger partial charge in [0.05, 0.1) is 23.1 Å². The molecule has 0 radical (unpaired) electrons. The van der Waals surface area contributed by atoms with Crippen LogP contribution in [0.2, 0.25) is 0 Å². The maximum absolute atomic E-state index is 12.4. The van der Waals surface area contributed by atoms with E-state index < -0.39 is 0 Å². The van der Waals surface area contributed by atoms with E-state index in [4.69, 9.17) is 0 Å². The predicted molar refractivity (Wildman–Crippen MR) is 84.8 cm³/mol. The number of nitrogens with zero attached hydrogens (tertiary/aromatic N) is 2. The van der Waals surface area contributed by atoms with E-state index >= 15 is 0 Å². The zero-order valence-electron chi connectivity index (χ0n) is 11.9. The number of H-pyrrole nitrogens is 1. The molecule has 0 bridgehead atoms. The van der Waals surface area contributed by atoms with E-state index in [2.05, 4.69) is 15.5 Å². The molecule has 5 heteroatoms. The molecule has 2 N–H and O–H groups in total. The smallest absolute Gasteiger partial charge is 0.255 e. The maximum Gasteiger partial charge on any atom is 0.255 e. The molecule has 5 nitrogen and oxygen atoms in total. The normalized spacial score (nSPS) is 10.6. The number of carbonyl (C=O) groups is 1. The van der Waals surface area contributed by atoms with Crippen molar-refractivity contribution in [3.8, 4) is 0 Å². The van der Waals surface area contributed by atoms with Crippen LogP contribution < -0.4 is 10.2 Å². The Morgan fingerprint density at radius 1 is 1.19 bits per heavy atom. The van der Waals surface area contributed by atoms with Crippen molar-refractivity contribution in [3.05, 3.63) is 54.2 Å². The molecule has 106 valence electrons. The highest BCUT2D eigenvalue weighted by molar-refractivity contribution is 6.07. The average molecular weight is 280 g/mol. The summed E-state index contributed by atoms with van der Waals surface area (Å²) in [5.41, 5.74) is 3.20. The minimum absolute atomic E-state index is 0.138. The van der Waals surface area contributed by atoms with Crippen LogP contribution >= 0.6 is 0 Å². The molecule has 1 aromatic heterocycles. The molecule has 0 unspecified atom stereocenters. The Hall–Kier alpha value is -2.82. The van der Waals surface area contributed by atoms with Gasteiger partial charge in [0, 0.05) is 25.0 Å². The van der Waals surface area contributed by atoms with Gasteiger partial charge in [0.15, 0.2) is 0 Å². The third-order valence-corrected chi connectivity index (χ3v) is 3.34. The highest BCUT2D eigenvalue weighted by atomic mass is 16.1. The van der Waals surface area contributed by atoms with Gasteiger partial charge in [0.1, 0.15) is 0 Å². The first-order chi connectivity index (χ1) is 10.1. The van der Waals surface area contributed by atoms with Crippen LogP contribution in [0.25, 0.3) is 10.9 Å². The van der Waals surface area contributed by atoms with E-state index in [1.807, 2.05) is 49.3 Å². The molecule has 1 amide bonds. The fourth-order valence-corrected chi connectivity index (χ4v) is 2.24. The van der Waals surface area contributed by atoms with Crippen LogP contribution in [-0.2, 0) is 0 Å². The van der Waals surface area contributed by atoms with Crippen molar-refractivity contribution in [1.29, 1.82) is 0 Å². The van der Waals surface area contributed by atoms with Crippen LogP contribution in [0.15, 0.2) is 48.7 Å². The van der Waals surface area contributed by atoms with E-state index in [9.17, 15) is 4.79 Å². The van der Waals surface area contributed by atoms with E-state index in [0.29, 0.717) is 5.56 Å². The van der Waals surface area contributed by atoms with Gasteiger partial charge in [-0.05, 0) is 24.3 Å². The molecular formula is C16H16N4O. The largest absolute Gasteiger partial charge is 0.376 e. The number of benzene rings is 2. The Balaban J connectivity index is 1.89. The van der Waals surface area contributed by atoms with Crippen LogP contribution in [0.1, 0.15) is 10.4 Å². The first-order valence-corrected chi connectivity index (χ1v) is 6.66. The van der Waals surface area contributed by atoms with Crippen molar-refractivity contribution in [2.75, 3.05) is 24.3 Å². The Bertz CT molecular complexity index is 792. The monoisotopic (exact) mass is 280 g/mol. The summed E-state index contributed by atoms with van der Waals surface area (Å²) in [5.74, 6) is -0.138. The number of nitrogens with one attached hydrogen (secondary N) is 2. The summed E-state index contributed by atoms with van der Waals surface area (Å²) in [7, 11) is 3.89. The first kappa shape index (κ1) is 13.2. The lowest BCUT2D eigenvalue weighted by atomic mass is 10.1. The van der Waals surface area contributed by atoms with Crippen LogP contribution in [0.5, 0.6) is 0 Å². The molecule has 2 aromatic carbocycles. The number of hydrogen-bond acceptors (Lipinski definition) is 3. The fourth-order valence-electron chi connectivity index (χ4n) is 2.24. The predicted octanol–water partition coefficient (Wildman–Crippen LogP) is 2.88. The van der Waals surface area contributed by atoms with Crippen molar-refractivity contribution >= 4 is 28.2 Å². The molecule has 0 aliphatic rings. The third kappa shape index (κ3) is 2.58. The van der Waals surface area contributed by atoms with Gasteiger partial charge in [-0.1, -0.05) is 18.2 Å². The van der Waals surface area contributed by atoms with Crippen LogP contribution in [0.3, 0.4) is 0 Å². The summed E-state index contributed by atoms with van der Waals surface area (Å²) < 4.78 is 0. The summed E-state index contributed by atoms with van der Waals surface area (Å²) in [5, 5.41) is 10.8. The van der Waals surface area contributed by atoms with E-state index in [1.165, 1.54) is 0 Å². The SMILES string of the molecule is CN(C)c1ccccc1NC(=O)c1ccc2cn[nH]c2c1. The van der Waals surface area contributed by atoms with Crippen LogP contribution in [-0.4, -0.2) is 30.2 Å². The van der Waals surface area contributed by atoms with Crippen molar-refractivity contribution in [3.63, 3.8) is 0 Å². The van der Waals surface area contributed by atoms with Gasteiger partial charge in [-0.15, -0.1) is 0 Å². The Morgan fingerprint density at radius 2 is 2.00 bits per heavy atom. The summed E-state index contributed by atoms with van der Waals surface area (Å²) >= 11 is 0. The molecule has 0 aliphatic carbocycles. The van der Waals surface area contributed by atoms with Gasteiger partial charge >= 0.3 is 0 Å². The number of aromatic amines is 1. The average Bonchev–Trinajstić information content (AvgIpc) is 2.94. The van der Waals surface area contributed by atoms with Crippen LogP contribution in [0, 0.1) is 0 Å². The molecule has 3 aromatic rings. The number of para-hydroxylation sites is 2. The number of aromatic nitrogens is 2. The van der Waals surface area contributed by atoms with E-state index in [1.54, 1.807) is 18.3 Å². The molecule has 0 saturated heterocycles. The number of anilines is 2. The van der Waals surface area contributed by atoms with Crippen molar-refractivity contribution in [1.82, 2.24) is 10.2 Å². The second-order valence-corrected chi connectivity index (χ2v) is 5.04. The molecule has 1 heterocycles. The lowest BCUT2D eigenvalue weighted by Crippen LogP contribution is -2.16. The Labute approximate surface area is 122 Å². The zero-order valence-corrected chi connectivity index (χ0v) is 11.9. The van der Waals surface area contributed by atoms with Gasteiger partial charge in [0.25, 0.3) is 5.91 Å². The fraction of sp³-hybridized carbons (Fsp3) is 0.125. The number of carbonyl (C=O) groups excluding carboxylic acids is 1. The lowest BCUT2D eigenvalue weighted by molar-refractivity contribution is 0.102. The van der Waals surface area contributed by atoms with Crippen LogP contribution in [0.4, 0.5) is 11.4 Å². The molecule has 0 atom stereocenters. The van der Waals surface area contributed by atoms with Crippen molar-refractivity contribution < 1.29 is 4.79 Å². The second-order valence-electron chi connectivity index (χ2n) is 5.04. The molecule has 0 fully saturated rings. The molecule has 0 aliphatic heterocycles. The molecule has 21 heavy (non-hydrogen) atoms. The minimum atomic E-state index is -0.138. The third-order valence-electron chi connectivity index (χ3n) is 3.34. The highest BCUT2D eigenvalue weighted by Gasteiger charge is 2.10. The van der Waals surface area contributed by atoms with Gasteiger partial charge in [-0.2, -0.15) is 5.10 Å². The first-order valence-electron chi connectivity index (χ1n) is 6.66. The lowest BCUT2D eigenvalue weighted by Gasteiger charge is -2.17. The topological polar surface area (TPSA) is 61.0 Å².